The second-order valence-electron chi connectivity index (χ2n) is 4.74. The van der Waals surface area contributed by atoms with Gasteiger partial charge in [0.15, 0.2) is 0 Å². The lowest BCUT2D eigenvalue weighted by molar-refractivity contribution is 0.413. The average Bonchev–Trinajstić information content (AvgIpc) is 2.64. The first kappa shape index (κ1) is 12.7. The topological polar surface area (TPSA) is 38.0 Å². The maximum absolute atomic E-state index is 10.1. The number of hydrogen-bond acceptors (Lipinski definition) is 2. The maximum Gasteiger partial charge on any atom is 0.212 e. The highest BCUT2D eigenvalue weighted by atomic mass is 16.3. The number of aromatic nitrogens is 2. The molecule has 0 fully saturated rings. The molecule has 0 spiro atoms. The monoisotopic (exact) mass is 244 g/mol. The number of benzene rings is 1. The van der Waals surface area contributed by atoms with Gasteiger partial charge in [0.2, 0.25) is 5.88 Å². The standard InChI is InChI=1S/C15H20N2O/c1-4-5-6-13-14(16-17(3)15(13)18)12-9-7-11(2)8-10-12/h7-10,18H,4-6H2,1-3H3. The normalized spacial score (nSPS) is 10.8. The number of nitrogens with zero attached hydrogens (tertiary/aromatic N) is 2. The van der Waals surface area contributed by atoms with E-state index in [1.807, 2.05) is 0 Å². The van der Waals surface area contributed by atoms with Gasteiger partial charge in [-0.3, -0.25) is 0 Å². The molecular formula is C15H20N2O. The van der Waals surface area contributed by atoms with Crippen molar-refractivity contribution in [1.29, 1.82) is 0 Å². The van der Waals surface area contributed by atoms with Crippen LogP contribution in [0.25, 0.3) is 11.3 Å². The quantitative estimate of drug-likeness (QED) is 0.894. The number of hydrogen-bond donors (Lipinski definition) is 1. The highest BCUT2D eigenvalue weighted by molar-refractivity contribution is 5.65. The minimum Gasteiger partial charge on any atom is -0.493 e. The van der Waals surface area contributed by atoms with Gasteiger partial charge in [-0.05, 0) is 19.8 Å². The molecule has 2 rings (SSSR count). The summed E-state index contributed by atoms with van der Waals surface area (Å²) in [6.45, 7) is 4.22. The van der Waals surface area contributed by atoms with Crippen molar-refractivity contribution in [3.63, 3.8) is 0 Å². The zero-order chi connectivity index (χ0) is 13.1. The van der Waals surface area contributed by atoms with Crippen molar-refractivity contribution in [2.45, 2.75) is 33.1 Å². The van der Waals surface area contributed by atoms with Crippen LogP contribution >= 0.6 is 0 Å². The van der Waals surface area contributed by atoms with E-state index in [0.717, 1.165) is 36.1 Å². The fourth-order valence-electron chi connectivity index (χ4n) is 2.09. The van der Waals surface area contributed by atoms with Crippen molar-refractivity contribution in [3.8, 4) is 17.1 Å². The Morgan fingerprint density at radius 1 is 1.22 bits per heavy atom. The molecule has 3 nitrogen and oxygen atoms in total. The summed E-state index contributed by atoms with van der Waals surface area (Å²) in [5.74, 6) is 0.291. The van der Waals surface area contributed by atoms with Crippen LogP contribution in [0.2, 0.25) is 0 Å². The van der Waals surface area contributed by atoms with Crippen LogP contribution in [-0.2, 0) is 13.5 Å². The van der Waals surface area contributed by atoms with E-state index in [4.69, 9.17) is 0 Å². The largest absolute Gasteiger partial charge is 0.493 e. The summed E-state index contributed by atoms with van der Waals surface area (Å²) < 4.78 is 1.56. The van der Waals surface area contributed by atoms with Crippen LogP contribution in [0.5, 0.6) is 5.88 Å². The van der Waals surface area contributed by atoms with Gasteiger partial charge < -0.3 is 5.11 Å². The molecule has 1 aromatic carbocycles. The summed E-state index contributed by atoms with van der Waals surface area (Å²) in [4.78, 5) is 0. The number of rotatable bonds is 4. The molecule has 96 valence electrons. The summed E-state index contributed by atoms with van der Waals surface area (Å²) in [7, 11) is 1.78. The second-order valence-corrected chi connectivity index (χ2v) is 4.74. The third kappa shape index (κ3) is 2.40. The highest BCUT2D eigenvalue weighted by Gasteiger charge is 2.16. The Bertz CT molecular complexity index is 526. The van der Waals surface area contributed by atoms with E-state index in [0.29, 0.717) is 5.88 Å². The van der Waals surface area contributed by atoms with Crippen LogP contribution in [0.4, 0.5) is 0 Å². The maximum atomic E-state index is 10.1. The highest BCUT2D eigenvalue weighted by Crippen LogP contribution is 2.30. The molecule has 1 N–H and O–H groups in total. The molecule has 0 aliphatic carbocycles. The zero-order valence-corrected chi connectivity index (χ0v) is 11.3. The lowest BCUT2D eigenvalue weighted by atomic mass is 10.0. The Balaban J connectivity index is 2.43. The van der Waals surface area contributed by atoms with Crippen molar-refractivity contribution >= 4 is 0 Å². The molecule has 18 heavy (non-hydrogen) atoms. The van der Waals surface area contributed by atoms with Gasteiger partial charge in [-0.15, -0.1) is 0 Å². The molecule has 0 amide bonds. The summed E-state index contributed by atoms with van der Waals surface area (Å²) >= 11 is 0. The minimum absolute atomic E-state index is 0.291. The molecule has 0 radical (unpaired) electrons. The van der Waals surface area contributed by atoms with Crippen LogP contribution in [0.1, 0.15) is 30.9 Å². The van der Waals surface area contributed by atoms with Gasteiger partial charge in [0.05, 0.1) is 5.69 Å². The minimum atomic E-state index is 0.291. The van der Waals surface area contributed by atoms with Crippen molar-refractivity contribution in [2.24, 2.45) is 7.05 Å². The van der Waals surface area contributed by atoms with Gasteiger partial charge in [-0.25, -0.2) is 4.68 Å². The second kappa shape index (κ2) is 5.25. The van der Waals surface area contributed by atoms with Gasteiger partial charge >= 0.3 is 0 Å². The lowest BCUT2D eigenvalue weighted by Gasteiger charge is -2.03. The molecule has 1 aromatic heterocycles. The Labute approximate surface area is 108 Å². The van der Waals surface area contributed by atoms with E-state index in [-0.39, 0.29) is 0 Å². The van der Waals surface area contributed by atoms with E-state index in [2.05, 4.69) is 43.2 Å². The van der Waals surface area contributed by atoms with E-state index in [1.54, 1.807) is 11.7 Å². The Morgan fingerprint density at radius 2 is 1.89 bits per heavy atom. The summed E-state index contributed by atoms with van der Waals surface area (Å²) in [5.41, 5.74) is 4.17. The third-order valence-electron chi connectivity index (χ3n) is 3.22. The molecule has 0 saturated carbocycles. The molecule has 1 heterocycles. The summed E-state index contributed by atoms with van der Waals surface area (Å²) in [6, 6.07) is 8.27. The van der Waals surface area contributed by atoms with Crippen LogP contribution < -0.4 is 0 Å². The summed E-state index contributed by atoms with van der Waals surface area (Å²) in [5, 5.41) is 14.5. The molecule has 0 aliphatic heterocycles. The predicted molar refractivity (Wildman–Crippen MR) is 73.7 cm³/mol. The van der Waals surface area contributed by atoms with Crippen LogP contribution in [0.15, 0.2) is 24.3 Å². The zero-order valence-electron chi connectivity index (χ0n) is 11.3. The SMILES string of the molecule is CCCCc1c(-c2ccc(C)cc2)nn(C)c1O. The first-order valence-electron chi connectivity index (χ1n) is 6.45. The molecule has 3 heteroatoms. The van der Waals surface area contributed by atoms with Crippen LogP contribution in [0, 0.1) is 6.92 Å². The van der Waals surface area contributed by atoms with Crippen LogP contribution in [-0.4, -0.2) is 14.9 Å². The number of unbranched alkanes of at least 4 members (excludes halogenated alkanes) is 1. The van der Waals surface area contributed by atoms with Gasteiger partial charge in [0, 0.05) is 18.2 Å². The van der Waals surface area contributed by atoms with E-state index in [1.165, 1.54) is 5.56 Å². The number of aromatic hydroxyl groups is 1. The molecule has 0 saturated heterocycles. The lowest BCUT2D eigenvalue weighted by Crippen LogP contribution is -1.89. The first-order chi connectivity index (χ1) is 8.63. The van der Waals surface area contributed by atoms with E-state index < -0.39 is 0 Å². The van der Waals surface area contributed by atoms with Crippen molar-refractivity contribution < 1.29 is 5.11 Å². The number of aryl methyl sites for hydroxylation is 2. The first-order valence-corrected chi connectivity index (χ1v) is 6.45. The Kier molecular flexibility index (Phi) is 3.70. The van der Waals surface area contributed by atoms with Crippen LogP contribution in [0.3, 0.4) is 0 Å². The molecule has 0 atom stereocenters. The molecule has 2 aromatic rings. The molecule has 0 unspecified atom stereocenters. The predicted octanol–water partition coefficient (Wildman–Crippen LogP) is 3.44. The van der Waals surface area contributed by atoms with Gasteiger partial charge in [0.25, 0.3) is 0 Å². The summed E-state index contributed by atoms with van der Waals surface area (Å²) in [6.07, 6.45) is 3.05. The van der Waals surface area contributed by atoms with Gasteiger partial charge in [-0.2, -0.15) is 5.10 Å². The van der Waals surface area contributed by atoms with Crippen molar-refractivity contribution in [2.75, 3.05) is 0 Å². The van der Waals surface area contributed by atoms with E-state index in [9.17, 15) is 5.11 Å². The molecule has 0 bridgehead atoms. The van der Waals surface area contributed by atoms with Gasteiger partial charge in [-0.1, -0.05) is 43.2 Å². The van der Waals surface area contributed by atoms with E-state index >= 15 is 0 Å². The third-order valence-corrected chi connectivity index (χ3v) is 3.22. The van der Waals surface area contributed by atoms with Crippen molar-refractivity contribution in [3.05, 3.63) is 35.4 Å². The van der Waals surface area contributed by atoms with Gasteiger partial charge in [0.1, 0.15) is 0 Å². The Morgan fingerprint density at radius 3 is 2.50 bits per heavy atom. The molecule has 0 aliphatic rings. The van der Waals surface area contributed by atoms with Crippen molar-refractivity contribution in [1.82, 2.24) is 9.78 Å². The molecular weight excluding hydrogens is 224 g/mol. The smallest absolute Gasteiger partial charge is 0.212 e. The fraction of sp³-hybridized carbons (Fsp3) is 0.400. The fourth-order valence-corrected chi connectivity index (χ4v) is 2.09. The average molecular weight is 244 g/mol. The Hall–Kier alpha value is -1.77.